The summed E-state index contributed by atoms with van der Waals surface area (Å²) in [4.78, 5) is 0. The molecule has 0 saturated carbocycles. The number of rotatable bonds is 4. The zero-order valence-corrected chi connectivity index (χ0v) is 11.6. The van der Waals surface area contributed by atoms with Gasteiger partial charge in [-0.1, -0.05) is 6.07 Å². The Morgan fingerprint density at radius 1 is 1.05 bits per heavy atom. The first kappa shape index (κ1) is 13.7. The highest BCUT2D eigenvalue weighted by molar-refractivity contribution is 5.43. The summed E-state index contributed by atoms with van der Waals surface area (Å²) < 4.78 is 22.3. The number of hydrogen-bond donors (Lipinski definition) is 1. The highest BCUT2D eigenvalue weighted by Gasteiger charge is 2.14. The minimum Gasteiger partial charge on any atom is -0.490 e. The van der Waals surface area contributed by atoms with Gasteiger partial charge in [-0.05, 0) is 17.7 Å². The number of ether oxygens (including phenoxy) is 4. The summed E-state index contributed by atoms with van der Waals surface area (Å²) in [5.41, 5.74) is 1.19. The summed E-state index contributed by atoms with van der Waals surface area (Å²) in [5, 5.41) is 3.39. The van der Waals surface area contributed by atoms with Crippen molar-refractivity contribution in [1.29, 1.82) is 0 Å². The van der Waals surface area contributed by atoms with Crippen molar-refractivity contribution in [3.63, 3.8) is 0 Å². The summed E-state index contributed by atoms with van der Waals surface area (Å²) in [6.45, 7) is 5.11. The van der Waals surface area contributed by atoms with Gasteiger partial charge in [0.2, 0.25) is 0 Å². The molecule has 2 aliphatic heterocycles. The second-order valence-electron chi connectivity index (χ2n) is 5.03. The fourth-order valence-electron chi connectivity index (χ4n) is 2.35. The minimum absolute atomic E-state index is 0.157. The topological polar surface area (TPSA) is 49.0 Å². The molecule has 1 aromatic carbocycles. The van der Waals surface area contributed by atoms with E-state index in [2.05, 4.69) is 11.4 Å². The van der Waals surface area contributed by atoms with Crippen molar-refractivity contribution in [1.82, 2.24) is 5.32 Å². The van der Waals surface area contributed by atoms with Gasteiger partial charge in [-0.2, -0.15) is 0 Å². The highest BCUT2D eigenvalue weighted by atomic mass is 16.6. The molecule has 0 amide bonds. The normalized spacial score (nSPS) is 22.3. The lowest BCUT2D eigenvalue weighted by molar-refractivity contribution is -0.0864. The fourth-order valence-corrected chi connectivity index (χ4v) is 2.35. The monoisotopic (exact) mass is 279 g/mol. The third kappa shape index (κ3) is 3.62. The van der Waals surface area contributed by atoms with E-state index in [9.17, 15) is 0 Å². The average Bonchev–Trinajstić information content (AvgIpc) is 2.73. The molecule has 1 N–H and O–H groups in total. The molecule has 0 aliphatic carbocycles. The molecule has 1 atom stereocenters. The molecule has 0 bridgehead atoms. The first-order valence-corrected chi connectivity index (χ1v) is 7.20. The molecule has 110 valence electrons. The summed E-state index contributed by atoms with van der Waals surface area (Å²) in [6.07, 6.45) is 1.09. The molecule has 3 rings (SSSR count). The molecule has 0 spiro atoms. The SMILES string of the molecule is c1cc2c(cc1CNCC1COCCO1)OCCCO2. The molecule has 0 radical (unpaired) electrons. The van der Waals surface area contributed by atoms with Crippen molar-refractivity contribution in [2.45, 2.75) is 19.1 Å². The van der Waals surface area contributed by atoms with Crippen LogP contribution in [0.3, 0.4) is 0 Å². The molecular formula is C15H21NO4. The smallest absolute Gasteiger partial charge is 0.161 e. The van der Waals surface area contributed by atoms with E-state index < -0.39 is 0 Å². The van der Waals surface area contributed by atoms with Crippen LogP contribution in [-0.2, 0) is 16.0 Å². The predicted octanol–water partition coefficient (Wildman–Crippen LogP) is 1.35. The van der Waals surface area contributed by atoms with Gasteiger partial charge in [0, 0.05) is 19.5 Å². The summed E-state index contributed by atoms with van der Waals surface area (Å²) in [6, 6.07) is 6.10. The zero-order valence-electron chi connectivity index (χ0n) is 11.6. The van der Waals surface area contributed by atoms with Crippen molar-refractivity contribution in [3.05, 3.63) is 23.8 Å². The van der Waals surface area contributed by atoms with Crippen LogP contribution in [0.15, 0.2) is 18.2 Å². The Labute approximate surface area is 119 Å². The molecule has 2 heterocycles. The van der Waals surface area contributed by atoms with Crippen LogP contribution in [0.4, 0.5) is 0 Å². The van der Waals surface area contributed by atoms with E-state index in [0.717, 1.165) is 44.2 Å². The standard InChI is InChI=1S/C15H21NO4/c1-4-19-14-3-2-12(8-15(14)20-5-1)9-16-10-13-11-17-6-7-18-13/h2-3,8,13,16H,1,4-7,9-11H2. The fraction of sp³-hybridized carbons (Fsp3) is 0.600. The van der Waals surface area contributed by atoms with Gasteiger partial charge in [0.15, 0.2) is 11.5 Å². The Morgan fingerprint density at radius 2 is 1.95 bits per heavy atom. The molecule has 2 aliphatic rings. The Bertz CT molecular complexity index is 432. The first-order valence-electron chi connectivity index (χ1n) is 7.20. The van der Waals surface area contributed by atoms with E-state index in [-0.39, 0.29) is 6.10 Å². The first-order chi connectivity index (χ1) is 9.92. The minimum atomic E-state index is 0.157. The molecule has 1 saturated heterocycles. The predicted molar refractivity (Wildman–Crippen MR) is 74.3 cm³/mol. The van der Waals surface area contributed by atoms with Gasteiger partial charge >= 0.3 is 0 Å². The maximum absolute atomic E-state index is 5.69. The Hall–Kier alpha value is -1.30. The van der Waals surface area contributed by atoms with Gasteiger partial charge in [-0.3, -0.25) is 0 Å². The maximum Gasteiger partial charge on any atom is 0.161 e. The van der Waals surface area contributed by atoms with Crippen LogP contribution < -0.4 is 14.8 Å². The van der Waals surface area contributed by atoms with Crippen LogP contribution >= 0.6 is 0 Å². The second-order valence-corrected chi connectivity index (χ2v) is 5.03. The van der Waals surface area contributed by atoms with Gasteiger partial charge in [0.1, 0.15) is 0 Å². The highest BCUT2D eigenvalue weighted by Crippen LogP contribution is 2.30. The largest absolute Gasteiger partial charge is 0.490 e. The van der Waals surface area contributed by atoms with Crippen molar-refractivity contribution >= 4 is 0 Å². The van der Waals surface area contributed by atoms with Gasteiger partial charge in [-0.15, -0.1) is 0 Å². The van der Waals surface area contributed by atoms with E-state index in [1.807, 2.05) is 12.1 Å². The van der Waals surface area contributed by atoms with E-state index in [4.69, 9.17) is 18.9 Å². The van der Waals surface area contributed by atoms with Crippen LogP contribution in [0.25, 0.3) is 0 Å². The summed E-state index contributed by atoms with van der Waals surface area (Å²) >= 11 is 0. The number of fused-ring (bicyclic) bond motifs is 1. The quantitative estimate of drug-likeness (QED) is 0.901. The number of nitrogens with one attached hydrogen (secondary N) is 1. The zero-order chi connectivity index (χ0) is 13.6. The van der Waals surface area contributed by atoms with Crippen LogP contribution in [0.5, 0.6) is 11.5 Å². The van der Waals surface area contributed by atoms with Crippen LogP contribution in [0.1, 0.15) is 12.0 Å². The van der Waals surface area contributed by atoms with Crippen molar-refractivity contribution in [2.75, 3.05) is 39.6 Å². The number of benzene rings is 1. The lowest BCUT2D eigenvalue weighted by atomic mass is 10.2. The summed E-state index contributed by atoms with van der Waals surface area (Å²) in [5.74, 6) is 1.69. The molecule has 5 heteroatoms. The van der Waals surface area contributed by atoms with E-state index in [0.29, 0.717) is 19.8 Å². The van der Waals surface area contributed by atoms with E-state index in [1.165, 1.54) is 5.56 Å². The number of hydrogen-bond acceptors (Lipinski definition) is 5. The second kappa shape index (κ2) is 6.92. The lowest BCUT2D eigenvalue weighted by Gasteiger charge is -2.23. The summed E-state index contributed by atoms with van der Waals surface area (Å²) in [7, 11) is 0. The molecular weight excluding hydrogens is 258 g/mol. The Balaban J connectivity index is 1.51. The van der Waals surface area contributed by atoms with Crippen molar-refractivity contribution in [3.8, 4) is 11.5 Å². The lowest BCUT2D eigenvalue weighted by Crippen LogP contribution is -2.37. The van der Waals surface area contributed by atoms with Crippen molar-refractivity contribution in [2.24, 2.45) is 0 Å². The van der Waals surface area contributed by atoms with Gasteiger partial charge in [0.25, 0.3) is 0 Å². The van der Waals surface area contributed by atoms with Crippen LogP contribution in [0.2, 0.25) is 0 Å². The molecule has 1 aromatic rings. The van der Waals surface area contributed by atoms with Crippen molar-refractivity contribution < 1.29 is 18.9 Å². The van der Waals surface area contributed by atoms with E-state index >= 15 is 0 Å². The molecule has 20 heavy (non-hydrogen) atoms. The molecule has 5 nitrogen and oxygen atoms in total. The Kier molecular flexibility index (Phi) is 4.73. The van der Waals surface area contributed by atoms with E-state index in [1.54, 1.807) is 0 Å². The molecule has 1 fully saturated rings. The van der Waals surface area contributed by atoms with Gasteiger partial charge in [-0.25, -0.2) is 0 Å². The van der Waals surface area contributed by atoms with Crippen LogP contribution in [-0.4, -0.2) is 45.7 Å². The van der Waals surface area contributed by atoms with Crippen LogP contribution in [0, 0.1) is 0 Å². The van der Waals surface area contributed by atoms with Gasteiger partial charge < -0.3 is 24.3 Å². The molecule has 0 aromatic heterocycles. The Morgan fingerprint density at radius 3 is 2.80 bits per heavy atom. The third-order valence-electron chi connectivity index (χ3n) is 3.40. The molecule has 1 unspecified atom stereocenters. The third-order valence-corrected chi connectivity index (χ3v) is 3.40. The van der Waals surface area contributed by atoms with Gasteiger partial charge in [0.05, 0.1) is 39.1 Å². The maximum atomic E-state index is 5.69. The average molecular weight is 279 g/mol.